The summed E-state index contributed by atoms with van der Waals surface area (Å²) < 4.78 is 28.4. The van der Waals surface area contributed by atoms with E-state index < -0.39 is 9.84 Å². The fourth-order valence-electron chi connectivity index (χ4n) is 1.81. The van der Waals surface area contributed by atoms with Crippen LogP contribution >= 0.6 is 0 Å². The Hall–Kier alpha value is -1.07. The van der Waals surface area contributed by atoms with Crippen molar-refractivity contribution >= 4 is 9.84 Å². The summed E-state index contributed by atoms with van der Waals surface area (Å²) in [5.74, 6) is 1.18. The molecule has 0 amide bonds. The molecule has 0 bridgehead atoms. The van der Waals surface area contributed by atoms with Crippen LogP contribution in [0.5, 0.6) is 5.75 Å². The molecule has 1 aromatic carbocycles. The molecule has 2 N–H and O–H groups in total. The van der Waals surface area contributed by atoms with Gasteiger partial charge in [0.05, 0.1) is 12.4 Å². The first-order valence-corrected chi connectivity index (χ1v) is 8.43. The zero-order valence-corrected chi connectivity index (χ0v) is 12.5. The zero-order chi connectivity index (χ0) is 14.3. The van der Waals surface area contributed by atoms with Crippen molar-refractivity contribution in [1.82, 2.24) is 0 Å². The Morgan fingerprint density at radius 1 is 1.32 bits per heavy atom. The third kappa shape index (κ3) is 5.61. The summed E-state index contributed by atoms with van der Waals surface area (Å²) in [6.45, 7) is 4.68. The predicted molar refractivity (Wildman–Crippen MR) is 78.4 cm³/mol. The minimum absolute atomic E-state index is 0.182. The number of hydrogen-bond acceptors (Lipinski definition) is 4. The van der Waals surface area contributed by atoms with Crippen molar-refractivity contribution in [2.75, 3.05) is 24.7 Å². The molecule has 0 aliphatic rings. The Bertz CT molecular complexity index is 497. The van der Waals surface area contributed by atoms with E-state index in [-0.39, 0.29) is 11.5 Å². The molecular weight excluding hydrogens is 262 g/mol. The lowest BCUT2D eigenvalue weighted by Gasteiger charge is -2.12. The van der Waals surface area contributed by atoms with Crippen LogP contribution in [0, 0.1) is 6.92 Å². The van der Waals surface area contributed by atoms with E-state index in [4.69, 9.17) is 10.5 Å². The molecule has 0 fully saturated rings. The quantitative estimate of drug-likeness (QED) is 0.738. The fourth-order valence-corrected chi connectivity index (χ4v) is 2.65. The Labute approximate surface area is 115 Å². The van der Waals surface area contributed by atoms with E-state index in [0.717, 1.165) is 17.7 Å². The Balaban J connectivity index is 2.53. The van der Waals surface area contributed by atoms with E-state index in [1.54, 1.807) is 6.92 Å². The molecule has 0 aliphatic heterocycles. The van der Waals surface area contributed by atoms with Crippen molar-refractivity contribution in [2.24, 2.45) is 5.73 Å². The van der Waals surface area contributed by atoms with Gasteiger partial charge in [0, 0.05) is 5.75 Å². The summed E-state index contributed by atoms with van der Waals surface area (Å²) in [6.07, 6.45) is 1.29. The molecule has 0 heterocycles. The molecule has 0 aromatic heterocycles. The number of sulfone groups is 1. The minimum Gasteiger partial charge on any atom is -0.493 e. The highest BCUT2D eigenvalue weighted by Crippen LogP contribution is 2.20. The van der Waals surface area contributed by atoms with Crippen molar-refractivity contribution in [3.8, 4) is 5.75 Å². The van der Waals surface area contributed by atoms with Crippen molar-refractivity contribution in [2.45, 2.75) is 26.7 Å². The minimum atomic E-state index is -2.90. The van der Waals surface area contributed by atoms with Crippen LogP contribution in [0.1, 0.15) is 24.5 Å². The molecule has 0 unspecified atom stereocenters. The van der Waals surface area contributed by atoms with Crippen LogP contribution in [-0.2, 0) is 16.3 Å². The zero-order valence-electron chi connectivity index (χ0n) is 11.7. The Morgan fingerprint density at radius 3 is 2.68 bits per heavy atom. The summed E-state index contributed by atoms with van der Waals surface area (Å²) in [5.41, 5.74) is 7.83. The third-order valence-electron chi connectivity index (χ3n) is 2.93. The first-order valence-electron chi connectivity index (χ1n) is 6.61. The summed E-state index contributed by atoms with van der Waals surface area (Å²) >= 11 is 0. The number of rotatable bonds is 8. The van der Waals surface area contributed by atoms with Crippen molar-refractivity contribution < 1.29 is 13.2 Å². The fraction of sp³-hybridized carbons (Fsp3) is 0.571. The lowest BCUT2D eigenvalue weighted by molar-refractivity contribution is 0.314. The molecule has 0 spiro atoms. The highest BCUT2D eigenvalue weighted by Gasteiger charge is 2.08. The predicted octanol–water partition coefficient (Wildman–Crippen LogP) is 1.70. The number of nitrogens with two attached hydrogens (primary N) is 1. The van der Waals surface area contributed by atoms with Crippen LogP contribution in [0.3, 0.4) is 0 Å². The normalized spacial score (nSPS) is 11.5. The van der Waals surface area contributed by atoms with E-state index >= 15 is 0 Å². The number of hydrogen-bond donors (Lipinski definition) is 1. The molecule has 19 heavy (non-hydrogen) atoms. The summed E-state index contributed by atoms with van der Waals surface area (Å²) in [4.78, 5) is 0. The molecule has 0 radical (unpaired) electrons. The highest BCUT2D eigenvalue weighted by atomic mass is 32.2. The molecular formula is C14H23NO3S. The molecule has 108 valence electrons. The smallest absolute Gasteiger partial charge is 0.150 e. The molecule has 0 saturated carbocycles. The van der Waals surface area contributed by atoms with Gasteiger partial charge in [-0.1, -0.05) is 24.6 Å². The van der Waals surface area contributed by atoms with Crippen LogP contribution in [0.4, 0.5) is 0 Å². The van der Waals surface area contributed by atoms with Crippen molar-refractivity contribution in [3.63, 3.8) is 0 Å². The number of aryl methyl sites for hydroxylation is 1. The van der Waals surface area contributed by atoms with Gasteiger partial charge in [0.15, 0.2) is 0 Å². The van der Waals surface area contributed by atoms with Crippen LogP contribution in [0.25, 0.3) is 0 Å². The number of ether oxygens (including phenoxy) is 1. The van der Waals surface area contributed by atoms with Gasteiger partial charge in [0.25, 0.3) is 0 Å². The molecule has 0 aliphatic carbocycles. The molecule has 0 atom stereocenters. The Morgan fingerprint density at radius 2 is 2.05 bits per heavy atom. The van der Waals surface area contributed by atoms with Crippen LogP contribution in [0.15, 0.2) is 18.2 Å². The molecule has 1 aromatic rings. The molecule has 4 nitrogen and oxygen atoms in total. The summed E-state index contributed by atoms with van der Waals surface area (Å²) in [6, 6.07) is 5.97. The summed E-state index contributed by atoms with van der Waals surface area (Å²) in [7, 11) is -2.90. The van der Waals surface area contributed by atoms with Gasteiger partial charge in [-0.05, 0) is 37.9 Å². The third-order valence-corrected chi connectivity index (χ3v) is 4.72. The first-order chi connectivity index (χ1) is 8.98. The van der Waals surface area contributed by atoms with Crippen molar-refractivity contribution in [3.05, 3.63) is 29.3 Å². The van der Waals surface area contributed by atoms with Crippen LogP contribution in [-0.4, -0.2) is 33.1 Å². The van der Waals surface area contributed by atoms with Gasteiger partial charge in [-0.3, -0.25) is 0 Å². The van der Waals surface area contributed by atoms with Gasteiger partial charge >= 0.3 is 0 Å². The van der Waals surface area contributed by atoms with E-state index in [1.807, 2.05) is 19.1 Å². The summed E-state index contributed by atoms with van der Waals surface area (Å²) in [5, 5.41) is 0. The molecule has 0 saturated heterocycles. The van der Waals surface area contributed by atoms with Gasteiger partial charge in [0.1, 0.15) is 15.6 Å². The van der Waals surface area contributed by atoms with Crippen molar-refractivity contribution in [1.29, 1.82) is 0 Å². The second kappa shape index (κ2) is 7.50. The molecule has 1 rings (SSSR count). The van der Waals surface area contributed by atoms with Gasteiger partial charge < -0.3 is 10.5 Å². The van der Waals surface area contributed by atoms with Gasteiger partial charge in [-0.25, -0.2) is 8.42 Å². The van der Waals surface area contributed by atoms with Gasteiger partial charge in [-0.15, -0.1) is 0 Å². The van der Waals surface area contributed by atoms with E-state index in [0.29, 0.717) is 19.6 Å². The van der Waals surface area contributed by atoms with Gasteiger partial charge in [-0.2, -0.15) is 0 Å². The lowest BCUT2D eigenvalue weighted by atomic mass is 10.1. The first kappa shape index (κ1) is 16.0. The average Bonchev–Trinajstić information content (AvgIpc) is 2.37. The van der Waals surface area contributed by atoms with E-state index in [1.165, 1.54) is 5.56 Å². The highest BCUT2D eigenvalue weighted by molar-refractivity contribution is 7.91. The maximum Gasteiger partial charge on any atom is 0.150 e. The standard InChI is InChI=1S/C14H23NO3S/c1-3-19(16,17)10-4-9-18-14-6-5-12(2)11-13(14)7-8-15/h5-6,11H,3-4,7-10,15H2,1-2H3. The van der Waals surface area contributed by atoms with Crippen LogP contribution in [0.2, 0.25) is 0 Å². The average molecular weight is 285 g/mol. The second-order valence-corrected chi connectivity index (χ2v) is 7.06. The largest absolute Gasteiger partial charge is 0.493 e. The maximum absolute atomic E-state index is 11.4. The SMILES string of the molecule is CCS(=O)(=O)CCCOc1ccc(C)cc1CCN. The molecule has 5 heteroatoms. The Kier molecular flexibility index (Phi) is 6.31. The second-order valence-electron chi connectivity index (χ2n) is 4.59. The lowest BCUT2D eigenvalue weighted by Crippen LogP contribution is -2.12. The monoisotopic (exact) mass is 285 g/mol. The van der Waals surface area contributed by atoms with Crippen LogP contribution < -0.4 is 10.5 Å². The van der Waals surface area contributed by atoms with E-state index in [9.17, 15) is 8.42 Å². The number of benzene rings is 1. The van der Waals surface area contributed by atoms with E-state index in [2.05, 4.69) is 6.07 Å². The maximum atomic E-state index is 11.4. The van der Waals surface area contributed by atoms with Gasteiger partial charge in [0.2, 0.25) is 0 Å². The topological polar surface area (TPSA) is 69.4 Å².